The van der Waals surface area contributed by atoms with Gasteiger partial charge >= 0.3 is 0 Å². The summed E-state index contributed by atoms with van der Waals surface area (Å²) in [6.45, 7) is 9.34. The van der Waals surface area contributed by atoms with Crippen molar-refractivity contribution in [3.63, 3.8) is 0 Å². The topological polar surface area (TPSA) is 53.6 Å². The average molecular weight is 228 g/mol. The highest BCUT2D eigenvalue weighted by Crippen LogP contribution is 2.09. The van der Waals surface area contributed by atoms with E-state index in [1.54, 1.807) is 0 Å². The molecule has 1 unspecified atom stereocenters. The van der Waals surface area contributed by atoms with Gasteiger partial charge in [-0.25, -0.2) is 0 Å². The van der Waals surface area contributed by atoms with Gasteiger partial charge in [0.05, 0.1) is 6.54 Å². The van der Waals surface area contributed by atoms with Crippen LogP contribution in [0.1, 0.15) is 34.1 Å². The second-order valence-corrected chi connectivity index (χ2v) is 5.27. The molecular weight excluding hydrogens is 200 g/mol. The van der Waals surface area contributed by atoms with Crippen LogP contribution < -0.4 is 11.1 Å². The lowest BCUT2D eigenvalue weighted by Crippen LogP contribution is -2.39. The monoisotopic (exact) mass is 228 g/mol. The molecule has 0 aliphatic heterocycles. The molecule has 1 atom stereocenters. The number of nitrogens with two attached hydrogens (primary N) is 1. The molecular formula is C12H28N4. The number of guanidine groups is 1. The maximum Gasteiger partial charge on any atom is 0.188 e. The van der Waals surface area contributed by atoms with Crippen molar-refractivity contribution >= 4 is 5.96 Å². The van der Waals surface area contributed by atoms with Crippen LogP contribution in [-0.2, 0) is 0 Å². The highest BCUT2D eigenvalue weighted by molar-refractivity contribution is 5.78. The molecule has 96 valence electrons. The van der Waals surface area contributed by atoms with E-state index in [-0.39, 0.29) is 0 Å². The van der Waals surface area contributed by atoms with Crippen LogP contribution in [0.15, 0.2) is 4.99 Å². The van der Waals surface area contributed by atoms with E-state index in [2.05, 4.69) is 57.0 Å². The van der Waals surface area contributed by atoms with Gasteiger partial charge in [-0.3, -0.25) is 4.99 Å². The van der Waals surface area contributed by atoms with E-state index in [1.165, 1.54) is 0 Å². The Bertz CT molecular complexity index is 209. The maximum absolute atomic E-state index is 5.77. The Kier molecular flexibility index (Phi) is 7.13. The lowest BCUT2D eigenvalue weighted by Gasteiger charge is -2.24. The molecule has 0 aromatic heterocycles. The second-order valence-electron chi connectivity index (χ2n) is 5.27. The summed E-state index contributed by atoms with van der Waals surface area (Å²) in [7, 11) is 4.18. The molecule has 0 amide bonds. The minimum Gasteiger partial charge on any atom is -0.370 e. The van der Waals surface area contributed by atoms with Crippen molar-refractivity contribution in [1.29, 1.82) is 0 Å². The highest BCUT2D eigenvalue weighted by Gasteiger charge is 2.12. The van der Waals surface area contributed by atoms with Crippen LogP contribution in [0.3, 0.4) is 0 Å². The van der Waals surface area contributed by atoms with E-state index in [4.69, 9.17) is 5.73 Å². The van der Waals surface area contributed by atoms with Gasteiger partial charge in [0, 0.05) is 12.1 Å². The first-order valence-corrected chi connectivity index (χ1v) is 6.05. The number of rotatable bonds is 6. The van der Waals surface area contributed by atoms with Crippen LogP contribution in [0, 0.1) is 5.92 Å². The Balaban J connectivity index is 4.19. The van der Waals surface area contributed by atoms with Crippen LogP contribution in [0.5, 0.6) is 0 Å². The largest absolute Gasteiger partial charge is 0.370 e. The zero-order chi connectivity index (χ0) is 12.7. The molecule has 0 aromatic rings. The molecule has 16 heavy (non-hydrogen) atoms. The van der Waals surface area contributed by atoms with Crippen LogP contribution in [-0.4, -0.2) is 43.6 Å². The molecule has 4 nitrogen and oxygen atoms in total. The first kappa shape index (κ1) is 15.2. The summed E-state index contributed by atoms with van der Waals surface area (Å²) in [5.74, 6) is 1.23. The summed E-state index contributed by atoms with van der Waals surface area (Å²) >= 11 is 0. The molecule has 0 fully saturated rings. The Morgan fingerprint density at radius 1 is 1.25 bits per heavy atom. The van der Waals surface area contributed by atoms with Gasteiger partial charge in [0.25, 0.3) is 0 Å². The molecule has 4 heteroatoms. The summed E-state index contributed by atoms with van der Waals surface area (Å²) in [5, 5.41) is 3.10. The van der Waals surface area contributed by atoms with Crippen LogP contribution in [0.2, 0.25) is 0 Å². The zero-order valence-corrected chi connectivity index (χ0v) is 11.6. The molecule has 0 heterocycles. The summed E-state index contributed by atoms with van der Waals surface area (Å²) in [6, 6.07) is 0.805. The van der Waals surface area contributed by atoms with E-state index in [0.29, 0.717) is 24.0 Å². The Labute approximate surface area is 100 Å². The minimum atomic E-state index is 0.339. The first-order chi connectivity index (χ1) is 7.32. The fourth-order valence-electron chi connectivity index (χ4n) is 1.54. The van der Waals surface area contributed by atoms with E-state index in [1.807, 2.05) is 0 Å². The molecule has 0 saturated carbocycles. The standard InChI is InChI=1S/C12H28N4/c1-9(2)7-11(16(5)6)8-14-12(13)15-10(3)4/h9-11H,7-8H2,1-6H3,(H3,13,14,15). The minimum absolute atomic E-state index is 0.339. The van der Waals surface area contributed by atoms with Gasteiger partial charge in [-0.15, -0.1) is 0 Å². The SMILES string of the molecule is CC(C)CC(CN=C(N)NC(C)C)N(C)C. The predicted octanol–water partition coefficient (Wildman–Crippen LogP) is 1.28. The normalized spacial score (nSPS) is 14.9. The average Bonchev–Trinajstić information content (AvgIpc) is 2.09. The van der Waals surface area contributed by atoms with Gasteiger partial charge in [0.2, 0.25) is 0 Å². The molecule has 0 bridgehead atoms. The first-order valence-electron chi connectivity index (χ1n) is 6.05. The number of nitrogens with one attached hydrogen (secondary N) is 1. The number of nitrogens with zero attached hydrogens (tertiary/aromatic N) is 2. The summed E-state index contributed by atoms with van der Waals surface area (Å²) < 4.78 is 0. The fourth-order valence-corrected chi connectivity index (χ4v) is 1.54. The predicted molar refractivity (Wildman–Crippen MR) is 71.7 cm³/mol. The van der Waals surface area contributed by atoms with Crippen LogP contribution >= 0.6 is 0 Å². The summed E-state index contributed by atoms with van der Waals surface area (Å²) in [6.07, 6.45) is 1.14. The molecule has 0 radical (unpaired) electrons. The van der Waals surface area contributed by atoms with Crippen LogP contribution in [0.4, 0.5) is 0 Å². The Morgan fingerprint density at radius 3 is 2.19 bits per heavy atom. The van der Waals surface area contributed by atoms with Crippen molar-refractivity contribution in [1.82, 2.24) is 10.2 Å². The lowest BCUT2D eigenvalue weighted by molar-refractivity contribution is 0.261. The zero-order valence-electron chi connectivity index (χ0n) is 11.6. The van der Waals surface area contributed by atoms with E-state index < -0.39 is 0 Å². The third kappa shape index (κ3) is 7.51. The van der Waals surface area contributed by atoms with E-state index in [9.17, 15) is 0 Å². The van der Waals surface area contributed by atoms with Crippen molar-refractivity contribution in [3.8, 4) is 0 Å². The Hall–Kier alpha value is -0.770. The number of likely N-dealkylation sites (N-methyl/N-ethyl adjacent to an activating group) is 1. The van der Waals surface area contributed by atoms with Crippen LogP contribution in [0.25, 0.3) is 0 Å². The molecule has 3 N–H and O–H groups in total. The van der Waals surface area contributed by atoms with Crippen molar-refractivity contribution in [2.75, 3.05) is 20.6 Å². The quantitative estimate of drug-likeness (QED) is 0.532. The third-order valence-corrected chi connectivity index (χ3v) is 2.38. The van der Waals surface area contributed by atoms with Gasteiger partial charge in [-0.05, 0) is 40.3 Å². The summed E-state index contributed by atoms with van der Waals surface area (Å²) in [4.78, 5) is 6.60. The third-order valence-electron chi connectivity index (χ3n) is 2.38. The van der Waals surface area contributed by atoms with Gasteiger partial charge in [-0.2, -0.15) is 0 Å². The van der Waals surface area contributed by atoms with E-state index >= 15 is 0 Å². The number of hydrogen-bond acceptors (Lipinski definition) is 2. The molecule has 0 aliphatic carbocycles. The molecule has 0 saturated heterocycles. The van der Waals surface area contributed by atoms with Gasteiger partial charge in [0.15, 0.2) is 5.96 Å². The second kappa shape index (κ2) is 7.49. The maximum atomic E-state index is 5.77. The van der Waals surface area contributed by atoms with Crippen molar-refractivity contribution in [2.45, 2.75) is 46.2 Å². The number of aliphatic imine (C=N–C) groups is 1. The number of hydrogen-bond donors (Lipinski definition) is 2. The molecule has 0 aromatic carbocycles. The lowest BCUT2D eigenvalue weighted by atomic mass is 10.0. The van der Waals surface area contributed by atoms with Gasteiger partial charge in [-0.1, -0.05) is 13.8 Å². The van der Waals surface area contributed by atoms with E-state index in [0.717, 1.165) is 13.0 Å². The molecule has 0 aliphatic rings. The fraction of sp³-hybridized carbons (Fsp3) is 0.917. The van der Waals surface area contributed by atoms with Gasteiger partial charge in [0.1, 0.15) is 0 Å². The molecule has 0 rings (SSSR count). The molecule has 0 spiro atoms. The van der Waals surface area contributed by atoms with Crippen molar-refractivity contribution < 1.29 is 0 Å². The highest BCUT2D eigenvalue weighted by atomic mass is 15.1. The van der Waals surface area contributed by atoms with Crippen molar-refractivity contribution in [2.24, 2.45) is 16.6 Å². The summed E-state index contributed by atoms with van der Waals surface area (Å²) in [5.41, 5.74) is 5.77. The smallest absolute Gasteiger partial charge is 0.188 e. The van der Waals surface area contributed by atoms with Crippen molar-refractivity contribution in [3.05, 3.63) is 0 Å². The Morgan fingerprint density at radius 2 is 1.81 bits per heavy atom. The van der Waals surface area contributed by atoms with Gasteiger partial charge < -0.3 is 16.0 Å².